The molecular formula is C30H25BrN4O5. The number of benzene rings is 3. The van der Waals surface area contributed by atoms with Crippen LogP contribution in [0.5, 0.6) is 11.5 Å². The maximum atomic E-state index is 13.6. The maximum absolute atomic E-state index is 13.6. The zero-order chi connectivity index (χ0) is 28.2. The maximum Gasteiger partial charge on any atom is 0.282 e. The van der Waals surface area contributed by atoms with Crippen LogP contribution >= 0.6 is 15.9 Å². The summed E-state index contributed by atoms with van der Waals surface area (Å²) >= 11 is 3.48. The van der Waals surface area contributed by atoms with Crippen molar-refractivity contribution in [3.63, 3.8) is 0 Å². The minimum Gasteiger partial charge on any atom is -0.490 e. The lowest BCUT2D eigenvalue weighted by Gasteiger charge is -2.16. The molecule has 1 amide bonds. The molecule has 202 valence electrons. The van der Waals surface area contributed by atoms with Crippen molar-refractivity contribution in [1.82, 2.24) is 9.66 Å². The van der Waals surface area contributed by atoms with Crippen molar-refractivity contribution in [2.45, 2.75) is 13.3 Å². The van der Waals surface area contributed by atoms with E-state index in [9.17, 15) is 9.59 Å². The number of allylic oxidation sites excluding steroid dienone is 1. The van der Waals surface area contributed by atoms with Crippen LogP contribution in [-0.4, -0.2) is 35.0 Å². The van der Waals surface area contributed by atoms with Gasteiger partial charge < -0.3 is 19.6 Å². The van der Waals surface area contributed by atoms with Crippen LogP contribution in [0.15, 0.2) is 92.1 Å². The number of aromatic nitrogens is 2. The summed E-state index contributed by atoms with van der Waals surface area (Å²) in [5.41, 5.74) is 7.46. The molecule has 0 bridgehead atoms. The number of fused-ring (bicyclic) bond motifs is 2. The van der Waals surface area contributed by atoms with Crippen LogP contribution in [0.2, 0.25) is 0 Å². The monoisotopic (exact) mass is 600 g/mol. The zero-order valence-electron chi connectivity index (χ0n) is 21.6. The number of nitrogens with two attached hydrogens (primary N) is 1. The first kappa shape index (κ1) is 26.9. The third kappa shape index (κ3) is 5.52. The first-order chi connectivity index (χ1) is 19.4. The van der Waals surface area contributed by atoms with Crippen molar-refractivity contribution in [3.05, 3.63) is 99.3 Å². The molecule has 3 aromatic carbocycles. The molecule has 0 atom stereocenters. The van der Waals surface area contributed by atoms with Crippen LogP contribution in [0, 0.1) is 0 Å². The van der Waals surface area contributed by atoms with Gasteiger partial charge in [0.15, 0.2) is 23.9 Å². The molecule has 40 heavy (non-hydrogen) atoms. The second-order valence-electron chi connectivity index (χ2n) is 8.79. The van der Waals surface area contributed by atoms with E-state index >= 15 is 0 Å². The van der Waals surface area contributed by atoms with E-state index in [0.29, 0.717) is 52.3 Å². The number of carbonyl (C=O) groups is 1. The second-order valence-corrected chi connectivity index (χ2v) is 9.71. The van der Waals surface area contributed by atoms with Crippen LogP contribution in [0.25, 0.3) is 33.5 Å². The predicted molar refractivity (Wildman–Crippen MR) is 158 cm³/mol. The number of rotatable bonds is 10. The summed E-state index contributed by atoms with van der Waals surface area (Å²) in [5.74, 6) is 0.856. The summed E-state index contributed by atoms with van der Waals surface area (Å²) in [4.78, 5) is 29.7. The average molecular weight is 601 g/mol. The van der Waals surface area contributed by atoms with E-state index in [4.69, 9.17) is 24.6 Å². The topological polar surface area (TPSA) is 122 Å². The number of primary amides is 1. The summed E-state index contributed by atoms with van der Waals surface area (Å²) in [5, 5.41) is 5.82. The first-order valence-corrected chi connectivity index (χ1v) is 13.2. The highest BCUT2D eigenvalue weighted by Crippen LogP contribution is 2.34. The number of halogens is 1. The summed E-state index contributed by atoms with van der Waals surface area (Å²) < 4.78 is 19.6. The third-order valence-corrected chi connectivity index (χ3v) is 6.45. The molecule has 0 aliphatic heterocycles. The molecule has 0 saturated heterocycles. The fraction of sp³-hybridized carbons (Fsp3) is 0.133. The third-order valence-electron chi connectivity index (χ3n) is 5.95. The van der Waals surface area contributed by atoms with Crippen LogP contribution in [-0.2, 0) is 11.2 Å². The smallest absolute Gasteiger partial charge is 0.282 e. The van der Waals surface area contributed by atoms with Crippen molar-refractivity contribution in [3.8, 4) is 23.1 Å². The lowest BCUT2D eigenvalue weighted by atomic mass is 10.1. The van der Waals surface area contributed by atoms with Gasteiger partial charge >= 0.3 is 0 Å². The van der Waals surface area contributed by atoms with Gasteiger partial charge in [0, 0.05) is 15.4 Å². The van der Waals surface area contributed by atoms with E-state index in [1.54, 1.807) is 30.3 Å². The van der Waals surface area contributed by atoms with Crippen molar-refractivity contribution in [1.29, 1.82) is 0 Å². The molecule has 2 heterocycles. The Morgan fingerprint density at radius 3 is 2.77 bits per heavy atom. The normalized spacial score (nSPS) is 11.3. The van der Waals surface area contributed by atoms with E-state index in [1.807, 2.05) is 43.3 Å². The Hall–Kier alpha value is -4.70. The van der Waals surface area contributed by atoms with Gasteiger partial charge in [-0.05, 0) is 67.4 Å². The minimum atomic E-state index is -0.605. The number of amides is 1. The average Bonchev–Trinajstić information content (AvgIpc) is 3.35. The van der Waals surface area contributed by atoms with Gasteiger partial charge in [-0.2, -0.15) is 9.78 Å². The fourth-order valence-corrected chi connectivity index (χ4v) is 4.65. The van der Waals surface area contributed by atoms with Crippen molar-refractivity contribution < 1.29 is 18.7 Å². The van der Waals surface area contributed by atoms with Gasteiger partial charge in [0.05, 0.1) is 23.7 Å². The van der Waals surface area contributed by atoms with Crippen molar-refractivity contribution in [2.24, 2.45) is 10.8 Å². The van der Waals surface area contributed by atoms with E-state index < -0.39 is 5.91 Å². The van der Waals surface area contributed by atoms with Crippen LogP contribution in [0.3, 0.4) is 0 Å². The number of para-hydroxylation sites is 1. The number of carbonyl (C=O) groups excluding carboxylic acids is 1. The second kappa shape index (κ2) is 11.6. The lowest BCUT2D eigenvalue weighted by molar-refractivity contribution is -0.119. The van der Waals surface area contributed by atoms with Gasteiger partial charge in [-0.3, -0.25) is 9.59 Å². The van der Waals surface area contributed by atoms with E-state index in [2.05, 4.69) is 27.6 Å². The molecule has 10 heteroatoms. The number of nitrogens with zero attached hydrogens (tertiary/aromatic N) is 3. The summed E-state index contributed by atoms with van der Waals surface area (Å²) in [6, 6.07) is 18.1. The van der Waals surface area contributed by atoms with Crippen molar-refractivity contribution >= 4 is 49.9 Å². The molecule has 2 aromatic heterocycles. The molecule has 2 N–H and O–H groups in total. The van der Waals surface area contributed by atoms with Crippen LogP contribution in [0.4, 0.5) is 0 Å². The van der Waals surface area contributed by atoms with Crippen LogP contribution in [0.1, 0.15) is 18.1 Å². The first-order valence-electron chi connectivity index (χ1n) is 12.4. The number of hydrogen-bond acceptors (Lipinski definition) is 7. The van der Waals surface area contributed by atoms with Gasteiger partial charge in [-0.15, -0.1) is 6.58 Å². The highest BCUT2D eigenvalue weighted by Gasteiger charge is 2.18. The minimum absolute atomic E-state index is 0.255. The molecule has 0 unspecified atom stereocenters. The Morgan fingerprint density at radius 2 is 2.00 bits per heavy atom. The van der Waals surface area contributed by atoms with E-state index in [0.717, 1.165) is 15.4 Å². The molecule has 0 fully saturated rings. The largest absolute Gasteiger partial charge is 0.490 e. The molecule has 0 aliphatic rings. The number of ether oxygens (including phenoxy) is 2. The van der Waals surface area contributed by atoms with Crippen molar-refractivity contribution in [2.75, 3.05) is 13.2 Å². The highest BCUT2D eigenvalue weighted by molar-refractivity contribution is 9.10. The van der Waals surface area contributed by atoms with Gasteiger partial charge in [0.2, 0.25) is 5.82 Å². The van der Waals surface area contributed by atoms with E-state index in [1.165, 1.54) is 10.9 Å². The Balaban J connectivity index is 1.65. The quantitative estimate of drug-likeness (QED) is 0.168. The predicted octanol–water partition coefficient (Wildman–Crippen LogP) is 5.45. The van der Waals surface area contributed by atoms with Crippen LogP contribution < -0.4 is 20.8 Å². The van der Waals surface area contributed by atoms with Gasteiger partial charge in [0.1, 0.15) is 5.58 Å². The Bertz CT molecular complexity index is 1840. The molecule has 5 rings (SSSR count). The van der Waals surface area contributed by atoms with Gasteiger partial charge in [-0.1, -0.05) is 34.1 Å². The highest BCUT2D eigenvalue weighted by atomic mass is 79.9. The summed E-state index contributed by atoms with van der Waals surface area (Å²) in [7, 11) is 0. The fourth-order valence-electron chi connectivity index (χ4n) is 4.27. The standard InChI is InChI=1S/C30H25BrN4O5/c1-3-7-19-12-18(13-25(38-4-2)28(19)39-17-27(32)36)16-33-35-29(34-23-9-6-5-8-22(23)30(35)37)26-15-20-14-21(31)10-11-24(20)40-26/h3,5-6,8-16H,1,4,7,17H2,2H3,(H2,32,36). The Labute approximate surface area is 237 Å². The number of hydrogen-bond donors (Lipinski definition) is 1. The summed E-state index contributed by atoms with van der Waals surface area (Å²) in [6.45, 7) is 5.71. The number of furan rings is 1. The lowest BCUT2D eigenvalue weighted by Crippen LogP contribution is -2.21. The molecule has 0 saturated carbocycles. The zero-order valence-corrected chi connectivity index (χ0v) is 23.2. The van der Waals surface area contributed by atoms with E-state index in [-0.39, 0.29) is 18.0 Å². The molecule has 9 nitrogen and oxygen atoms in total. The molecule has 0 aliphatic carbocycles. The SMILES string of the molecule is C=CCc1cc(C=Nn2c(-c3cc4cc(Br)ccc4o3)nc3ccccc3c2=O)cc(OCC)c1OCC(N)=O. The Morgan fingerprint density at radius 1 is 1.18 bits per heavy atom. The molecule has 0 spiro atoms. The summed E-state index contributed by atoms with van der Waals surface area (Å²) in [6.07, 6.45) is 3.68. The molecule has 0 radical (unpaired) electrons. The Kier molecular flexibility index (Phi) is 7.79. The van der Waals surface area contributed by atoms with Gasteiger partial charge in [-0.25, -0.2) is 4.98 Å². The molecular weight excluding hydrogens is 576 g/mol. The molecule has 5 aromatic rings. The van der Waals surface area contributed by atoms with Gasteiger partial charge in [0.25, 0.3) is 11.5 Å².